The Hall–Kier alpha value is -2.75. The number of benzene rings is 2. The van der Waals surface area contributed by atoms with Gasteiger partial charge < -0.3 is 14.8 Å². The maximum absolute atomic E-state index is 12.0. The molecule has 0 bridgehead atoms. The summed E-state index contributed by atoms with van der Waals surface area (Å²) in [4.78, 5) is 12.0. The second kappa shape index (κ2) is 8.77. The predicted molar refractivity (Wildman–Crippen MR) is 97.5 cm³/mol. The lowest BCUT2D eigenvalue weighted by atomic mass is 10.2. The van der Waals surface area contributed by atoms with Crippen LogP contribution in [0.25, 0.3) is 6.08 Å². The molecule has 1 N–H and O–H groups in total. The summed E-state index contributed by atoms with van der Waals surface area (Å²) in [5.74, 6) is 1.35. The second-order valence-corrected chi connectivity index (χ2v) is 5.46. The molecule has 2 rings (SSSR count). The van der Waals surface area contributed by atoms with Gasteiger partial charge in [-0.05, 0) is 49.2 Å². The summed E-state index contributed by atoms with van der Waals surface area (Å²) in [6.45, 7) is 4.09. The van der Waals surface area contributed by atoms with E-state index in [0.29, 0.717) is 5.69 Å². The number of carbonyl (C=O) groups excluding carboxylic acids is 1. The molecule has 0 spiro atoms. The molecule has 0 heterocycles. The molecule has 4 nitrogen and oxygen atoms in total. The van der Waals surface area contributed by atoms with Crippen molar-refractivity contribution in [1.29, 1.82) is 0 Å². The van der Waals surface area contributed by atoms with Crippen LogP contribution in [0.5, 0.6) is 11.5 Å². The van der Waals surface area contributed by atoms with Gasteiger partial charge in [-0.3, -0.25) is 4.79 Å². The molecule has 0 saturated heterocycles. The predicted octanol–water partition coefficient (Wildman–Crippen LogP) is 4.52. The number of hydrogen-bond acceptors (Lipinski definition) is 3. The Kier molecular flexibility index (Phi) is 6.43. The maximum Gasteiger partial charge on any atom is 0.248 e. The van der Waals surface area contributed by atoms with Crippen LogP contribution in [-0.4, -0.2) is 19.1 Å². The first-order valence-electron chi connectivity index (χ1n) is 8.00. The zero-order valence-corrected chi connectivity index (χ0v) is 14.3. The van der Waals surface area contributed by atoms with Crippen molar-refractivity contribution in [3.63, 3.8) is 0 Å². The first-order valence-corrected chi connectivity index (χ1v) is 8.00. The number of nitrogens with one attached hydrogen (secondary N) is 1. The van der Waals surface area contributed by atoms with Crippen LogP contribution in [0, 0.1) is 0 Å². The quantitative estimate of drug-likeness (QED) is 0.761. The van der Waals surface area contributed by atoms with Crippen molar-refractivity contribution in [2.45, 2.75) is 26.4 Å². The molecular formula is C20H23NO3. The van der Waals surface area contributed by atoms with Crippen LogP contribution >= 0.6 is 0 Å². The Morgan fingerprint density at radius 2 is 1.92 bits per heavy atom. The minimum absolute atomic E-state index is 0.144. The Labute approximate surface area is 143 Å². The third-order valence-corrected chi connectivity index (χ3v) is 3.56. The molecule has 0 radical (unpaired) electrons. The van der Waals surface area contributed by atoms with Gasteiger partial charge in [-0.25, -0.2) is 0 Å². The van der Waals surface area contributed by atoms with Gasteiger partial charge in [0.2, 0.25) is 5.91 Å². The fourth-order valence-electron chi connectivity index (χ4n) is 2.03. The lowest BCUT2D eigenvalue weighted by Crippen LogP contribution is -2.11. The van der Waals surface area contributed by atoms with E-state index in [0.717, 1.165) is 23.5 Å². The van der Waals surface area contributed by atoms with Gasteiger partial charge in [0.25, 0.3) is 0 Å². The number of methoxy groups -OCH3 is 1. The number of ether oxygens (including phenoxy) is 2. The average molecular weight is 325 g/mol. The Morgan fingerprint density at radius 1 is 1.17 bits per heavy atom. The number of carbonyl (C=O) groups is 1. The minimum Gasteiger partial charge on any atom is -0.497 e. The highest BCUT2D eigenvalue weighted by molar-refractivity contribution is 6.02. The van der Waals surface area contributed by atoms with Crippen molar-refractivity contribution < 1.29 is 14.3 Å². The molecule has 0 aliphatic rings. The van der Waals surface area contributed by atoms with E-state index in [1.807, 2.05) is 55.5 Å². The van der Waals surface area contributed by atoms with E-state index < -0.39 is 0 Å². The highest BCUT2D eigenvalue weighted by Gasteiger charge is 2.03. The van der Waals surface area contributed by atoms with Crippen molar-refractivity contribution in [3.05, 3.63) is 60.2 Å². The summed E-state index contributed by atoms with van der Waals surface area (Å²) in [6, 6.07) is 14.9. The van der Waals surface area contributed by atoms with Crippen molar-refractivity contribution in [2.24, 2.45) is 0 Å². The molecule has 0 aliphatic heterocycles. The Morgan fingerprint density at radius 3 is 2.58 bits per heavy atom. The minimum atomic E-state index is -0.188. The molecule has 126 valence electrons. The van der Waals surface area contributed by atoms with Crippen LogP contribution in [-0.2, 0) is 4.79 Å². The zero-order valence-electron chi connectivity index (χ0n) is 14.3. The molecule has 1 amide bonds. The molecule has 0 fully saturated rings. The van der Waals surface area contributed by atoms with Gasteiger partial charge in [0, 0.05) is 17.8 Å². The molecule has 0 aromatic heterocycles. The zero-order chi connectivity index (χ0) is 17.4. The fourth-order valence-corrected chi connectivity index (χ4v) is 2.03. The molecular weight excluding hydrogens is 302 g/mol. The monoisotopic (exact) mass is 325 g/mol. The van der Waals surface area contributed by atoms with Gasteiger partial charge >= 0.3 is 0 Å². The third kappa shape index (κ3) is 5.47. The maximum atomic E-state index is 12.0. The summed E-state index contributed by atoms with van der Waals surface area (Å²) >= 11 is 0. The molecule has 0 saturated carbocycles. The third-order valence-electron chi connectivity index (χ3n) is 3.56. The van der Waals surface area contributed by atoms with E-state index in [9.17, 15) is 4.79 Å². The van der Waals surface area contributed by atoms with Gasteiger partial charge in [-0.1, -0.05) is 25.1 Å². The molecule has 1 unspecified atom stereocenters. The van der Waals surface area contributed by atoms with Crippen LogP contribution in [0.2, 0.25) is 0 Å². The molecule has 4 heteroatoms. The average Bonchev–Trinajstić information content (AvgIpc) is 2.60. The number of hydrogen-bond donors (Lipinski definition) is 1. The van der Waals surface area contributed by atoms with Gasteiger partial charge in [0.1, 0.15) is 11.5 Å². The van der Waals surface area contributed by atoms with Crippen LogP contribution in [0.4, 0.5) is 5.69 Å². The molecule has 2 aromatic carbocycles. The fraction of sp³-hybridized carbons (Fsp3) is 0.250. The second-order valence-electron chi connectivity index (χ2n) is 5.46. The summed E-state index contributed by atoms with van der Waals surface area (Å²) in [5.41, 5.74) is 1.64. The summed E-state index contributed by atoms with van der Waals surface area (Å²) in [6.07, 6.45) is 4.34. The first kappa shape index (κ1) is 17.6. The van der Waals surface area contributed by atoms with Gasteiger partial charge in [0.05, 0.1) is 13.2 Å². The largest absolute Gasteiger partial charge is 0.497 e. The summed E-state index contributed by atoms with van der Waals surface area (Å²) in [7, 11) is 1.62. The van der Waals surface area contributed by atoms with Gasteiger partial charge in [-0.2, -0.15) is 0 Å². The van der Waals surface area contributed by atoms with E-state index in [1.165, 1.54) is 6.08 Å². The molecule has 1 atom stereocenters. The van der Waals surface area contributed by atoms with Crippen molar-refractivity contribution >= 4 is 17.7 Å². The van der Waals surface area contributed by atoms with E-state index in [-0.39, 0.29) is 12.0 Å². The van der Waals surface area contributed by atoms with Crippen LogP contribution in [0.3, 0.4) is 0 Å². The Bertz CT molecular complexity index is 692. The Balaban J connectivity index is 1.96. The number of anilines is 1. The van der Waals surface area contributed by atoms with Crippen LogP contribution in [0.15, 0.2) is 54.6 Å². The standard InChI is InChI=1S/C20H23NO3/c1-4-15(2)24-19-7-5-6-17(14-19)21-20(22)13-10-16-8-11-18(23-3)12-9-16/h5-15H,4H2,1-3H3,(H,21,22)/b13-10+. The smallest absolute Gasteiger partial charge is 0.248 e. The highest BCUT2D eigenvalue weighted by atomic mass is 16.5. The first-order chi connectivity index (χ1) is 11.6. The van der Waals surface area contributed by atoms with Crippen molar-refractivity contribution in [3.8, 4) is 11.5 Å². The molecule has 0 aliphatic carbocycles. The number of amides is 1. The van der Waals surface area contributed by atoms with Crippen LogP contribution in [0.1, 0.15) is 25.8 Å². The topological polar surface area (TPSA) is 47.6 Å². The van der Waals surface area contributed by atoms with E-state index >= 15 is 0 Å². The van der Waals surface area contributed by atoms with Crippen LogP contribution < -0.4 is 14.8 Å². The van der Waals surface area contributed by atoms with E-state index in [1.54, 1.807) is 13.2 Å². The normalized spacial score (nSPS) is 12.0. The highest BCUT2D eigenvalue weighted by Crippen LogP contribution is 2.19. The SMILES string of the molecule is CCC(C)Oc1cccc(NC(=O)/C=C/c2ccc(OC)cc2)c1. The van der Waals surface area contributed by atoms with Crippen molar-refractivity contribution in [1.82, 2.24) is 0 Å². The summed E-state index contributed by atoms with van der Waals surface area (Å²) in [5, 5.41) is 2.84. The summed E-state index contributed by atoms with van der Waals surface area (Å²) < 4.78 is 10.9. The lowest BCUT2D eigenvalue weighted by Gasteiger charge is -2.13. The van der Waals surface area contributed by atoms with Gasteiger partial charge in [0.15, 0.2) is 0 Å². The van der Waals surface area contributed by atoms with E-state index in [4.69, 9.17) is 9.47 Å². The number of rotatable bonds is 7. The van der Waals surface area contributed by atoms with Crippen molar-refractivity contribution in [2.75, 3.05) is 12.4 Å². The lowest BCUT2D eigenvalue weighted by molar-refractivity contribution is -0.111. The molecule has 2 aromatic rings. The van der Waals surface area contributed by atoms with E-state index in [2.05, 4.69) is 12.2 Å². The van der Waals surface area contributed by atoms with Gasteiger partial charge in [-0.15, -0.1) is 0 Å². The molecule has 24 heavy (non-hydrogen) atoms.